The topological polar surface area (TPSA) is 91.8 Å². The lowest BCUT2D eigenvalue weighted by Gasteiger charge is -2.10. The third-order valence-electron chi connectivity index (χ3n) is 5.95. The lowest BCUT2D eigenvalue weighted by atomic mass is 10.2. The Labute approximate surface area is 190 Å². The fraction of sp³-hybridized carbons (Fsp3) is 0.409. The molecule has 1 aromatic carbocycles. The molecule has 0 N–H and O–H groups in total. The van der Waals surface area contributed by atoms with Crippen molar-refractivity contribution in [3.63, 3.8) is 0 Å². The van der Waals surface area contributed by atoms with E-state index in [-0.39, 0.29) is 24.0 Å². The molecule has 5 rings (SSSR count). The zero-order chi connectivity index (χ0) is 22.6. The highest BCUT2D eigenvalue weighted by Gasteiger charge is 2.30. The average Bonchev–Trinajstić information content (AvgIpc) is 3.44. The van der Waals surface area contributed by atoms with Gasteiger partial charge in [0.25, 0.3) is 0 Å². The number of hydrogen-bond acceptors (Lipinski definition) is 5. The van der Waals surface area contributed by atoms with Crippen molar-refractivity contribution in [2.45, 2.75) is 45.3 Å². The number of aryl methyl sites for hydroxylation is 2. The van der Waals surface area contributed by atoms with Gasteiger partial charge in [-0.2, -0.15) is 0 Å². The highest BCUT2D eigenvalue weighted by Crippen LogP contribution is 2.37. The molecule has 1 saturated carbocycles. The van der Waals surface area contributed by atoms with Crippen LogP contribution in [0.2, 0.25) is 5.02 Å². The molecule has 0 atom stereocenters. The summed E-state index contributed by atoms with van der Waals surface area (Å²) in [5.41, 5.74) is 4.21. The molecule has 168 valence electrons. The number of fused-ring (bicyclic) bond motifs is 2. The van der Waals surface area contributed by atoms with Crippen LogP contribution in [0.5, 0.6) is 0 Å². The summed E-state index contributed by atoms with van der Waals surface area (Å²) in [6.45, 7) is 2.72. The SMILES string of the molecule is Cc1cncc2c1n(C1CC1)c(=O)n2Cc1nc2cc(Cl)ccc2n1CCCS(C)(=O)=O. The molecule has 1 aliphatic rings. The Balaban J connectivity index is 1.62. The summed E-state index contributed by atoms with van der Waals surface area (Å²) in [6, 6.07) is 5.70. The summed E-state index contributed by atoms with van der Waals surface area (Å²) < 4.78 is 28.9. The number of imidazole rings is 2. The molecule has 0 saturated heterocycles. The molecule has 0 aliphatic heterocycles. The van der Waals surface area contributed by atoms with Crippen LogP contribution < -0.4 is 5.69 Å². The maximum absolute atomic E-state index is 13.4. The van der Waals surface area contributed by atoms with Crippen LogP contribution in [0.1, 0.15) is 36.7 Å². The first-order valence-corrected chi connectivity index (χ1v) is 13.0. The normalized spacial score (nSPS) is 14.6. The molecular formula is C22H24ClN5O3S. The van der Waals surface area contributed by atoms with Crippen LogP contribution in [0.4, 0.5) is 0 Å². The van der Waals surface area contributed by atoms with Crippen LogP contribution in [-0.2, 0) is 22.9 Å². The van der Waals surface area contributed by atoms with E-state index in [9.17, 15) is 13.2 Å². The molecule has 0 amide bonds. The highest BCUT2D eigenvalue weighted by atomic mass is 35.5. The smallest absolute Gasteiger partial charge is 0.326 e. The molecule has 3 heterocycles. The molecule has 1 fully saturated rings. The molecular weight excluding hydrogens is 450 g/mol. The van der Waals surface area contributed by atoms with E-state index < -0.39 is 9.84 Å². The summed E-state index contributed by atoms with van der Waals surface area (Å²) in [5.74, 6) is 0.776. The van der Waals surface area contributed by atoms with Crippen molar-refractivity contribution in [2.75, 3.05) is 12.0 Å². The van der Waals surface area contributed by atoms with Gasteiger partial charge in [0.1, 0.15) is 15.7 Å². The van der Waals surface area contributed by atoms with Crippen LogP contribution in [0, 0.1) is 6.92 Å². The Morgan fingerprint density at radius 3 is 2.66 bits per heavy atom. The molecule has 32 heavy (non-hydrogen) atoms. The summed E-state index contributed by atoms with van der Waals surface area (Å²) >= 11 is 6.18. The molecule has 0 radical (unpaired) electrons. The van der Waals surface area contributed by atoms with Gasteiger partial charge in [0.2, 0.25) is 0 Å². The number of pyridine rings is 1. The van der Waals surface area contributed by atoms with Crippen molar-refractivity contribution in [3.8, 4) is 0 Å². The monoisotopic (exact) mass is 473 g/mol. The van der Waals surface area contributed by atoms with Crippen molar-refractivity contribution >= 4 is 43.5 Å². The van der Waals surface area contributed by atoms with E-state index in [1.54, 1.807) is 29.1 Å². The molecule has 8 nitrogen and oxygen atoms in total. The van der Waals surface area contributed by atoms with Crippen LogP contribution in [-0.4, -0.2) is 44.1 Å². The van der Waals surface area contributed by atoms with Crippen LogP contribution >= 0.6 is 11.6 Å². The van der Waals surface area contributed by atoms with E-state index in [0.29, 0.717) is 23.8 Å². The molecule has 10 heteroatoms. The Kier molecular flexibility index (Phi) is 5.13. The molecule has 0 spiro atoms. The van der Waals surface area contributed by atoms with Crippen molar-refractivity contribution < 1.29 is 8.42 Å². The number of rotatable bonds is 7. The molecule has 3 aromatic heterocycles. The average molecular weight is 474 g/mol. The third-order valence-corrected chi connectivity index (χ3v) is 7.21. The minimum absolute atomic E-state index is 0.0635. The van der Waals surface area contributed by atoms with E-state index in [1.807, 2.05) is 22.1 Å². The first kappa shape index (κ1) is 21.2. The van der Waals surface area contributed by atoms with Crippen molar-refractivity contribution in [1.82, 2.24) is 23.7 Å². The zero-order valence-electron chi connectivity index (χ0n) is 18.0. The van der Waals surface area contributed by atoms with Crippen molar-refractivity contribution in [2.24, 2.45) is 0 Å². The lowest BCUT2D eigenvalue weighted by Crippen LogP contribution is -2.25. The fourth-order valence-corrected chi connectivity index (χ4v) is 5.18. The minimum Gasteiger partial charge on any atom is -0.326 e. The molecule has 0 unspecified atom stereocenters. The maximum atomic E-state index is 13.4. The van der Waals surface area contributed by atoms with E-state index in [2.05, 4.69) is 4.98 Å². The number of sulfone groups is 1. The first-order valence-electron chi connectivity index (χ1n) is 10.6. The van der Waals surface area contributed by atoms with Crippen LogP contribution in [0.15, 0.2) is 35.4 Å². The van der Waals surface area contributed by atoms with E-state index in [0.717, 1.165) is 40.5 Å². The van der Waals surface area contributed by atoms with Crippen molar-refractivity contribution in [1.29, 1.82) is 0 Å². The van der Waals surface area contributed by atoms with Gasteiger partial charge in [0.05, 0.1) is 40.6 Å². The second-order valence-corrected chi connectivity index (χ2v) is 11.3. The minimum atomic E-state index is -3.07. The number of benzene rings is 1. The number of halogens is 1. The standard InChI is InChI=1S/C22H24ClN5O3S/c1-14-11-24-12-19-21(14)28(16-5-6-16)22(29)27(19)13-20-25-17-10-15(23)4-7-18(17)26(20)8-3-9-32(2,30)31/h4,7,10-12,16H,3,5-6,8-9,13H2,1-2H3. The van der Waals surface area contributed by atoms with Gasteiger partial charge in [-0.05, 0) is 49.9 Å². The van der Waals surface area contributed by atoms with E-state index in [4.69, 9.17) is 16.6 Å². The second kappa shape index (κ2) is 7.74. The van der Waals surface area contributed by atoms with E-state index >= 15 is 0 Å². The maximum Gasteiger partial charge on any atom is 0.329 e. The van der Waals surface area contributed by atoms with Gasteiger partial charge < -0.3 is 4.57 Å². The number of aromatic nitrogens is 5. The Morgan fingerprint density at radius 1 is 1.16 bits per heavy atom. The van der Waals surface area contributed by atoms with Gasteiger partial charge in [-0.25, -0.2) is 18.2 Å². The predicted molar refractivity (Wildman–Crippen MR) is 125 cm³/mol. The Bertz CT molecular complexity index is 1510. The van der Waals surface area contributed by atoms with Crippen LogP contribution in [0.3, 0.4) is 0 Å². The quantitative estimate of drug-likeness (QED) is 0.410. The second-order valence-electron chi connectivity index (χ2n) is 8.59. The summed E-state index contributed by atoms with van der Waals surface area (Å²) in [6.07, 6.45) is 7.22. The van der Waals surface area contributed by atoms with Gasteiger partial charge in [-0.1, -0.05) is 11.6 Å². The Morgan fingerprint density at radius 2 is 1.94 bits per heavy atom. The first-order chi connectivity index (χ1) is 15.2. The summed E-state index contributed by atoms with van der Waals surface area (Å²) in [7, 11) is -3.07. The fourth-order valence-electron chi connectivity index (χ4n) is 4.36. The summed E-state index contributed by atoms with van der Waals surface area (Å²) in [5, 5.41) is 0.576. The van der Waals surface area contributed by atoms with Crippen LogP contribution in [0.25, 0.3) is 22.1 Å². The molecule has 0 bridgehead atoms. The number of hydrogen-bond donors (Lipinski definition) is 0. The molecule has 1 aliphatic carbocycles. The summed E-state index contributed by atoms with van der Waals surface area (Å²) in [4.78, 5) is 22.5. The van der Waals surface area contributed by atoms with Gasteiger partial charge in [-0.15, -0.1) is 0 Å². The largest absolute Gasteiger partial charge is 0.329 e. The zero-order valence-corrected chi connectivity index (χ0v) is 19.5. The predicted octanol–water partition coefficient (Wildman–Crippen LogP) is 3.33. The Hall–Kier alpha value is -2.65. The highest BCUT2D eigenvalue weighted by molar-refractivity contribution is 7.90. The van der Waals surface area contributed by atoms with Gasteiger partial charge in [0, 0.05) is 30.1 Å². The molecule has 4 aromatic rings. The lowest BCUT2D eigenvalue weighted by molar-refractivity contribution is 0.583. The van der Waals surface area contributed by atoms with Gasteiger partial charge in [-0.3, -0.25) is 14.1 Å². The van der Waals surface area contributed by atoms with Crippen molar-refractivity contribution in [3.05, 3.63) is 57.5 Å². The van der Waals surface area contributed by atoms with Gasteiger partial charge >= 0.3 is 5.69 Å². The van der Waals surface area contributed by atoms with Gasteiger partial charge in [0.15, 0.2) is 0 Å². The van der Waals surface area contributed by atoms with E-state index in [1.165, 1.54) is 6.26 Å². The third kappa shape index (κ3) is 3.84. The number of nitrogens with zero attached hydrogens (tertiary/aromatic N) is 5.